The molecule has 1 saturated carbocycles. The van der Waals surface area contributed by atoms with Gasteiger partial charge < -0.3 is 5.11 Å². The highest BCUT2D eigenvalue weighted by molar-refractivity contribution is 6.03. The van der Waals surface area contributed by atoms with E-state index < -0.39 is 29.9 Å². The van der Waals surface area contributed by atoms with Gasteiger partial charge in [-0.1, -0.05) is 6.07 Å². The number of hydrogen-bond acceptors (Lipinski definition) is 6. The smallest absolute Gasteiger partial charge is 0.391 e. The summed E-state index contributed by atoms with van der Waals surface area (Å²) in [5.74, 6) is 0.422. The van der Waals surface area contributed by atoms with Gasteiger partial charge in [0.1, 0.15) is 5.82 Å². The first-order chi connectivity index (χ1) is 14.8. The second kappa shape index (κ2) is 6.98. The Bertz CT molecular complexity index is 1160. The van der Waals surface area contributed by atoms with Gasteiger partial charge in [-0.2, -0.15) is 18.3 Å². The summed E-state index contributed by atoms with van der Waals surface area (Å²) >= 11 is 0. The number of aromatic nitrogens is 4. The average molecular weight is 428 g/mol. The molecule has 3 atom stereocenters. The Balaban J connectivity index is 1.52. The number of fused-ring (bicyclic) bond motifs is 3. The number of rotatable bonds is 2. The number of carbonyl (C=O) groups is 1. The SMILES string of the molecule is O=C(Nc1cccnn1)N1c2nc(-c3cncc(C(F)(F)F)c3)ccc2C2C[C@@H](O)C21. The molecule has 2 unspecified atom stereocenters. The van der Waals surface area contributed by atoms with Gasteiger partial charge in [-0.3, -0.25) is 15.2 Å². The van der Waals surface area contributed by atoms with Gasteiger partial charge in [-0.05, 0) is 30.7 Å². The van der Waals surface area contributed by atoms with Crippen molar-refractivity contribution in [3.8, 4) is 11.3 Å². The summed E-state index contributed by atoms with van der Waals surface area (Å²) in [6, 6.07) is 6.41. The third-order valence-electron chi connectivity index (χ3n) is 5.52. The first-order valence-electron chi connectivity index (χ1n) is 9.42. The second-order valence-electron chi connectivity index (χ2n) is 7.38. The summed E-state index contributed by atoms with van der Waals surface area (Å²) in [4.78, 5) is 22.5. The molecule has 3 aromatic heterocycles. The van der Waals surface area contributed by atoms with Crippen molar-refractivity contribution in [2.24, 2.45) is 0 Å². The van der Waals surface area contributed by atoms with Crippen LogP contribution in [0.2, 0.25) is 0 Å². The van der Waals surface area contributed by atoms with Gasteiger partial charge in [0.05, 0.1) is 23.4 Å². The van der Waals surface area contributed by atoms with E-state index in [1.54, 1.807) is 24.3 Å². The normalized spacial score (nSPS) is 21.8. The molecule has 0 radical (unpaired) electrons. The molecular formula is C20H15F3N6O2. The molecule has 8 nitrogen and oxygen atoms in total. The number of nitrogens with zero attached hydrogens (tertiary/aromatic N) is 5. The molecule has 0 aromatic carbocycles. The lowest BCUT2D eigenvalue weighted by molar-refractivity contribution is -0.137. The number of pyridine rings is 2. The van der Waals surface area contributed by atoms with Crippen LogP contribution >= 0.6 is 0 Å². The Hall–Kier alpha value is -3.60. The fourth-order valence-corrected chi connectivity index (χ4v) is 4.02. The summed E-state index contributed by atoms with van der Waals surface area (Å²) in [5.41, 5.74) is 0.283. The molecule has 1 fully saturated rings. The van der Waals surface area contributed by atoms with Gasteiger partial charge in [0, 0.05) is 35.6 Å². The van der Waals surface area contributed by atoms with Crippen LogP contribution in [0, 0.1) is 0 Å². The lowest BCUT2D eigenvalue weighted by Gasteiger charge is -2.40. The zero-order chi connectivity index (χ0) is 21.8. The van der Waals surface area contributed by atoms with Crippen LogP contribution in [0.3, 0.4) is 0 Å². The quantitative estimate of drug-likeness (QED) is 0.650. The highest BCUT2D eigenvalue weighted by atomic mass is 19.4. The average Bonchev–Trinajstić information content (AvgIpc) is 3.02. The first kappa shape index (κ1) is 19.4. The maximum absolute atomic E-state index is 13.1. The number of anilines is 2. The van der Waals surface area contributed by atoms with Gasteiger partial charge in [-0.25, -0.2) is 9.78 Å². The van der Waals surface area contributed by atoms with E-state index >= 15 is 0 Å². The number of halogens is 3. The number of aliphatic hydroxyl groups is 1. The number of carbonyl (C=O) groups excluding carboxylic acids is 1. The van der Waals surface area contributed by atoms with E-state index in [-0.39, 0.29) is 23.0 Å². The number of amides is 2. The third-order valence-corrected chi connectivity index (χ3v) is 5.52. The van der Waals surface area contributed by atoms with E-state index in [1.165, 1.54) is 17.3 Å². The molecule has 0 spiro atoms. The van der Waals surface area contributed by atoms with Crippen molar-refractivity contribution in [3.63, 3.8) is 0 Å². The van der Waals surface area contributed by atoms with Crippen LogP contribution in [0.25, 0.3) is 11.3 Å². The number of alkyl halides is 3. The largest absolute Gasteiger partial charge is 0.417 e. The Morgan fingerprint density at radius 2 is 2.06 bits per heavy atom. The maximum atomic E-state index is 13.1. The van der Waals surface area contributed by atoms with Crippen molar-refractivity contribution < 1.29 is 23.1 Å². The van der Waals surface area contributed by atoms with Gasteiger partial charge in [-0.15, -0.1) is 5.10 Å². The van der Waals surface area contributed by atoms with E-state index in [1.807, 2.05) is 0 Å². The van der Waals surface area contributed by atoms with Gasteiger partial charge in [0.15, 0.2) is 5.82 Å². The Morgan fingerprint density at radius 3 is 2.77 bits per heavy atom. The summed E-state index contributed by atoms with van der Waals surface area (Å²) in [6.45, 7) is 0. The number of urea groups is 1. The lowest BCUT2D eigenvalue weighted by atomic mass is 9.75. The fraction of sp³-hybridized carbons (Fsp3) is 0.250. The van der Waals surface area contributed by atoms with Crippen LogP contribution in [0.4, 0.5) is 29.6 Å². The summed E-state index contributed by atoms with van der Waals surface area (Å²) < 4.78 is 39.2. The van der Waals surface area contributed by atoms with Crippen molar-refractivity contribution in [2.75, 3.05) is 10.2 Å². The minimum Gasteiger partial charge on any atom is -0.391 e. The van der Waals surface area contributed by atoms with E-state index in [0.29, 0.717) is 12.2 Å². The van der Waals surface area contributed by atoms with E-state index in [0.717, 1.165) is 17.8 Å². The molecule has 1 aliphatic heterocycles. The molecule has 3 aromatic rings. The van der Waals surface area contributed by atoms with Crippen molar-refractivity contribution in [1.82, 2.24) is 20.2 Å². The third kappa shape index (κ3) is 3.26. The predicted octanol–water partition coefficient (Wildman–Crippen LogP) is 3.22. The topological polar surface area (TPSA) is 104 Å². The van der Waals surface area contributed by atoms with Crippen molar-refractivity contribution in [2.45, 2.75) is 30.7 Å². The van der Waals surface area contributed by atoms with E-state index in [4.69, 9.17) is 0 Å². The van der Waals surface area contributed by atoms with E-state index in [9.17, 15) is 23.1 Å². The Morgan fingerprint density at radius 1 is 1.23 bits per heavy atom. The monoisotopic (exact) mass is 428 g/mol. The van der Waals surface area contributed by atoms with E-state index in [2.05, 4.69) is 25.5 Å². The first-order valence-corrected chi connectivity index (χ1v) is 9.42. The lowest BCUT2D eigenvalue weighted by Crippen LogP contribution is -2.55. The predicted molar refractivity (Wildman–Crippen MR) is 103 cm³/mol. The molecule has 0 bridgehead atoms. The van der Waals surface area contributed by atoms with Crippen LogP contribution in [0.15, 0.2) is 48.9 Å². The van der Waals surface area contributed by atoms with Gasteiger partial charge in [0.2, 0.25) is 0 Å². The van der Waals surface area contributed by atoms with Crippen LogP contribution < -0.4 is 10.2 Å². The van der Waals surface area contributed by atoms with Crippen molar-refractivity contribution in [3.05, 3.63) is 60.0 Å². The molecule has 11 heteroatoms. The molecule has 31 heavy (non-hydrogen) atoms. The van der Waals surface area contributed by atoms with Crippen LogP contribution in [-0.2, 0) is 6.18 Å². The summed E-state index contributed by atoms with van der Waals surface area (Å²) in [5, 5.41) is 20.4. The molecule has 2 aliphatic rings. The number of aliphatic hydroxyl groups excluding tert-OH is 1. The van der Waals surface area contributed by atoms with Crippen LogP contribution in [0.1, 0.15) is 23.5 Å². The Kier molecular flexibility index (Phi) is 4.36. The molecule has 5 rings (SSSR count). The minimum atomic E-state index is -4.54. The van der Waals surface area contributed by atoms with Gasteiger partial charge in [0.25, 0.3) is 0 Å². The fourth-order valence-electron chi connectivity index (χ4n) is 4.02. The second-order valence-corrected chi connectivity index (χ2v) is 7.38. The van der Waals surface area contributed by atoms with Crippen molar-refractivity contribution in [1.29, 1.82) is 0 Å². The standard InChI is InChI=1S/C20H15F3N6O2/c21-20(22,23)11-6-10(8-24-9-11)14-4-3-12-13-7-15(30)17(13)29(18(12)26-14)19(31)27-16-2-1-5-25-28-16/h1-6,8-9,13,15,17,30H,7H2,(H,27,28,31)/t13?,15-,17?/m1/s1. The number of nitrogens with one attached hydrogen (secondary N) is 1. The highest BCUT2D eigenvalue weighted by Crippen LogP contribution is 2.51. The zero-order valence-electron chi connectivity index (χ0n) is 15.8. The maximum Gasteiger partial charge on any atom is 0.417 e. The van der Waals surface area contributed by atoms with Crippen molar-refractivity contribution >= 4 is 17.7 Å². The minimum absolute atomic E-state index is 0.0983. The molecule has 1 aliphatic carbocycles. The molecule has 0 saturated heterocycles. The van der Waals surface area contributed by atoms with Gasteiger partial charge >= 0.3 is 12.2 Å². The highest BCUT2D eigenvalue weighted by Gasteiger charge is 2.54. The molecule has 2 amide bonds. The molecule has 4 heterocycles. The van der Waals surface area contributed by atoms with Crippen LogP contribution in [0.5, 0.6) is 0 Å². The zero-order valence-corrected chi connectivity index (χ0v) is 15.8. The Labute approximate surface area is 173 Å². The summed E-state index contributed by atoms with van der Waals surface area (Å²) in [7, 11) is 0. The van der Waals surface area contributed by atoms with Crippen LogP contribution in [-0.4, -0.2) is 43.4 Å². The number of hydrogen-bond donors (Lipinski definition) is 2. The summed E-state index contributed by atoms with van der Waals surface area (Å²) in [6.07, 6.45) is -1.31. The molecule has 2 N–H and O–H groups in total. The molecule has 158 valence electrons. The molecular weight excluding hydrogens is 413 g/mol.